The van der Waals surface area contributed by atoms with Crippen molar-refractivity contribution in [3.63, 3.8) is 0 Å². The van der Waals surface area contributed by atoms with Crippen molar-refractivity contribution in [1.29, 1.82) is 0 Å². The molecule has 0 N–H and O–H groups in total. The van der Waals surface area contributed by atoms with Crippen LogP contribution in [0.15, 0.2) is 28.8 Å². The molecule has 132 valence electrons. The monoisotopic (exact) mass is 330 g/mol. The lowest BCUT2D eigenvalue weighted by Gasteiger charge is -2.06. The quantitative estimate of drug-likeness (QED) is 0.460. The minimum Gasteiger partial charge on any atom is -0.494 e. The molecule has 0 atom stereocenters. The van der Waals surface area contributed by atoms with Gasteiger partial charge in [0, 0.05) is 12.0 Å². The summed E-state index contributed by atoms with van der Waals surface area (Å²) in [5.41, 5.74) is 0.968. The number of aromatic nitrogens is 2. The molecule has 1 aromatic carbocycles. The average molecular weight is 330 g/mol. The second kappa shape index (κ2) is 10.8. The summed E-state index contributed by atoms with van der Waals surface area (Å²) in [5, 5.41) is 4.07. The number of ether oxygens (including phenoxy) is 1. The molecule has 2 aromatic rings. The van der Waals surface area contributed by atoms with Gasteiger partial charge in [-0.25, -0.2) is 0 Å². The second-order valence-electron chi connectivity index (χ2n) is 6.26. The van der Waals surface area contributed by atoms with E-state index in [2.05, 4.69) is 24.0 Å². The van der Waals surface area contributed by atoms with Crippen LogP contribution in [0.5, 0.6) is 5.75 Å². The Balaban J connectivity index is 1.77. The fourth-order valence-corrected chi connectivity index (χ4v) is 2.60. The van der Waals surface area contributed by atoms with Gasteiger partial charge in [0.2, 0.25) is 11.7 Å². The summed E-state index contributed by atoms with van der Waals surface area (Å²) in [6.07, 6.45) is 10.6. The Morgan fingerprint density at radius 2 is 1.58 bits per heavy atom. The number of rotatable bonds is 12. The van der Waals surface area contributed by atoms with E-state index in [0.29, 0.717) is 5.82 Å². The number of hydrogen-bond acceptors (Lipinski definition) is 4. The highest BCUT2D eigenvalue weighted by molar-refractivity contribution is 5.55. The van der Waals surface area contributed by atoms with E-state index in [1.54, 1.807) is 0 Å². The predicted molar refractivity (Wildman–Crippen MR) is 97.2 cm³/mol. The predicted octanol–water partition coefficient (Wildman–Crippen LogP) is 5.82. The normalized spacial score (nSPS) is 10.9. The third-order valence-electron chi connectivity index (χ3n) is 4.09. The number of nitrogens with zero attached hydrogens (tertiary/aromatic N) is 2. The van der Waals surface area contributed by atoms with Crippen molar-refractivity contribution in [3.8, 4) is 17.1 Å². The van der Waals surface area contributed by atoms with Crippen molar-refractivity contribution in [2.75, 3.05) is 6.61 Å². The molecule has 0 amide bonds. The number of aryl methyl sites for hydroxylation is 1. The molecule has 0 fully saturated rings. The summed E-state index contributed by atoms with van der Waals surface area (Å²) in [6.45, 7) is 5.21. The van der Waals surface area contributed by atoms with Gasteiger partial charge in [-0.2, -0.15) is 4.98 Å². The zero-order chi connectivity index (χ0) is 17.0. The molecule has 0 aliphatic heterocycles. The Kier molecular flexibility index (Phi) is 8.36. The Hall–Kier alpha value is -1.84. The van der Waals surface area contributed by atoms with Crippen molar-refractivity contribution < 1.29 is 9.26 Å². The van der Waals surface area contributed by atoms with Crippen LogP contribution in [0.4, 0.5) is 0 Å². The molecular weight excluding hydrogens is 300 g/mol. The largest absolute Gasteiger partial charge is 0.494 e. The number of hydrogen-bond donors (Lipinski definition) is 0. The molecule has 0 unspecified atom stereocenters. The first-order valence-electron chi connectivity index (χ1n) is 9.39. The van der Waals surface area contributed by atoms with Gasteiger partial charge < -0.3 is 9.26 Å². The molecule has 0 saturated heterocycles. The topological polar surface area (TPSA) is 48.2 Å². The van der Waals surface area contributed by atoms with Crippen LogP contribution in [0.1, 0.15) is 71.1 Å². The maximum Gasteiger partial charge on any atom is 0.226 e. The van der Waals surface area contributed by atoms with Crippen LogP contribution in [0, 0.1) is 0 Å². The van der Waals surface area contributed by atoms with E-state index in [-0.39, 0.29) is 0 Å². The lowest BCUT2D eigenvalue weighted by atomic mass is 10.2. The third-order valence-corrected chi connectivity index (χ3v) is 4.09. The molecule has 0 radical (unpaired) electrons. The molecule has 0 saturated carbocycles. The lowest BCUT2D eigenvalue weighted by Crippen LogP contribution is -1.97. The van der Waals surface area contributed by atoms with Crippen molar-refractivity contribution in [1.82, 2.24) is 10.1 Å². The molecule has 1 heterocycles. The first kappa shape index (κ1) is 18.5. The van der Waals surface area contributed by atoms with Crippen LogP contribution in [-0.4, -0.2) is 16.7 Å². The molecule has 0 aliphatic rings. The smallest absolute Gasteiger partial charge is 0.226 e. The van der Waals surface area contributed by atoms with Gasteiger partial charge in [-0.1, -0.05) is 57.5 Å². The van der Waals surface area contributed by atoms with Crippen molar-refractivity contribution >= 4 is 0 Å². The van der Waals surface area contributed by atoms with Gasteiger partial charge >= 0.3 is 0 Å². The first-order valence-corrected chi connectivity index (χ1v) is 9.39. The summed E-state index contributed by atoms with van der Waals surface area (Å²) in [5.74, 6) is 2.29. The van der Waals surface area contributed by atoms with Crippen molar-refractivity contribution in [2.24, 2.45) is 0 Å². The summed E-state index contributed by atoms with van der Waals surface area (Å²) in [7, 11) is 0. The minimum atomic E-state index is 0.660. The molecule has 1 aromatic heterocycles. The van der Waals surface area contributed by atoms with Gasteiger partial charge in [0.25, 0.3) is 0 Å². The van der Waals surface area contributed by atoms with Crippen LogP contribution in [-0.2, 0) is 6.42 Å². The van der Waals surface area contributed by atoms with Crippen LogP contribution >= 0.6 is 0 Å². The molecular formula is C20H30N2O2. The molecule has 0 aliphatic carbocycles. The summed E-state index contributed by atoms with van der Waals surface area (Å²) in [6, 6.07) is 7.95. The zero-order valence-corrected chi connectivity index (χ0v) is 15.1. The summed E-state index contributed by atoms with van der Waals surface area (Å²) >= 11 is 0. The SMILES string of the molecule is CCCCCCCOc1ccc(-c2noc(CCCCC)n2)cc1. The summed E-state index contributed by atoms with van der Waals surface area (Å²) in [4.78, 5) is 4.47. The third kappa shape index (κ3) is 6.34. The van der Waals surface area contributed by atoms with E-state index < -0.39 is 0 Å². The van der Waals surface area contributed by atoms with E-state index in [9.17, 15) is 0 Å². The highest BCUT2D eigenvalue weighted by Gasteiger charge is 2.08. The molecule has 2 rings (SSSR count). The highest BCUT2D eigenvalue weighted by Crippen LogP contribution is 2.20. The number of unbranched alkanes of at least 4 members (excludes halogenated alkanes) is 6. The average Bonchev–Trinajstić information content (AvgIpc) is 3.08. The van der Waals surface area contributed by atoms with E-state index >= 15 is 0 Å². The van der Waals surface area contributed by atoms with Gasteiger partial charge in [0.15, 0.2) is 0 Å². The second-order valence-corrected chi connectivity index (χ2v) is 6.26. The summed E-state index contributed by atoms with van der Waals surface area (Å²) < 4.78 is 11.1. The molecule has 4 nitrogen and oxygen atoms in total. The molecule has 0 bridgehead atoms. The van der Waals surface area contributed by atoms with E-state index in [1.807, 2.05) is 24.3 Å². The first-order chi connectivity index (χ1) is 11.8. The van der Waals surface area contributed by atoms with Gasteiger partial charge in [-0.3, -0.25) is 0 Å². The van der Waals surface area contributed by atoms with E-state index in [4.69, 9.17) is 9.26 Å². The van der Waals surface area contributed by atoms with Crippen LogP contribution in [0.25, 0.3) is 11.4 Å². The zero-order valence-electron chi connectivity index (χ0n) is 15.1. The maximum atomic E-state index is 5.78. The molecule has 0 spiro atoms. The van der Waals surface area contributed by atoms with Gasteiger partial charge in [0.05, 0.1) is 6.61 Å². The van der Waals surface area contributed by atoms with Crippen LogP contribution in [0.3, 0.4) is 0 Å². The van der Waals surface area contributed by atoms with Crippen LogP contribution < -0.4 is 4.74 Å². The highest BCUT2D eigenvalue weighted by atomic mass is 16.5. The van der Waals surface area contributed by atoms with Crippen molar-refractivity contribution in [2.45, 2.75) is 71.6 Å². The van der Waals surface area contributed by atoms with Gasteiger partial charge in [0.1, 0.15) is 5.75 Å². The Bertz CT molecular complexity index is 563. The standard InChI is InChI=1S/C20H30N2O2/c1-3-5-7-8-10-16-23-18-14-12-17(13-15-18)20-21-19(24-22-20)11-9-6-4-2/h12-15H,3-11,16H2,1-2H3. The molecule has 4 heteroatoms. The Morgan fingerprint density at radius 1 is 0.875 bits per heavy atom. The molecule has 24 heavy (non-hydrogen) atoms. The fraction of sp³-hybridized carbons (Fsp3) is 0.600. The maximum absolute atomic E-state index is 5.78. The van der Waals surface area contributed by atoms with E-state index in [0.717, 1.165) is 43.1 Å². The van der Waals surface area contributed by atoms with Crippen LogP contribution in [0.2, 0.25) is 0 Å². The van der Waals surface area contributed by atoms with Gasteiger partial charge in [-0.05, 0) is 37.1 Å². The van der Waals surface area contributed by atoms with E-state index in [1.165, 1.54) is 38.5 Å². The number of benzene rings is 1. The lowest BCUT2D eigenvalue weighted by molar-refractivity contribution is 0.304. The van der Waals surface area contributed by atoms with Gasteiger partial charge in [-0.15, -0.1) is 0 Å². The Morgan fingerprint density at radius 3 is 2.33 bits per heavy atom. The minimum absolute atomic E-state index is 0.660. The fourth-order valence-electron chi connectivity index (χ4n) is 2.60. The van der Waals surface area contributed by atoms with Crippen molar-refractivity contribution in [3.05, 3.63) is 30.2 Å². The Labute approximate surface area is 145 Å².